The highest BCUT2D eigenvalue weighted by Gasteiger charge is 2.15. The molecule has 0 atom stereocenters. The van der Waals surface area contributed by atoms with E-state index in [1.54, 1.807) is 18.2 Å². The average Bonchev–Trinajstić information content (AvgIpc) is 3.15. The first-order chi connectivity index (χ1) is 15.4. The van der Waals surface area contributed by atoms with Crippen LogP contribution in [-0.4, -0.2) is 32.3 Å². The third-order valence-corrected chi connectivity index (χ3v) is 6.46. The van der Waals surface area contributed by atoms with Gasteiger partial charge >= 0.3 is 0 Å². The monoisotopic (exact) mass is 513 g/mol. The zero-order valence-corrected chi connectivity index (χ0v) is 20.3. The number of anilines is 1. The minimum absolute atomic E-state index is 0.140. The Morgan fingerprint density at radius 1 is 1.16 bits per heavy atom. The highest BCUT2D eigenvalue weighted by molar-refractivity contribution is 9.10. The van der Waals surface area contributed by atoms with E-state index in [0.717, 1.165) is 21.3 Å². The lowest BCUT2D eigenvalue weighted by atomic mass is 10.1. The molecule has 9 heteroatoms. The zero-order valence-electron chi connectivity index (χ0n) is 17.9. The number of carbonyl (C=O) groups excluding carboxylic acids is 2. The Kier molecular flexibility index (Phi) is 8.24. The van der Waals surface area contributed by atoms with Gasteiger partial charge in [-0.3, -0.25) is 9.59 Å². The van der Waals surface area contributed by atoms with E-state index < -0.39 is 0 Å². The molecule has 166 valence electrons. The number of aromatic nitrogens is 3. The van der Waals surface area contributed by atoms with Gasteiger partial charge in [-0.15, -0.1) is 16.8 Å². The largest absolute Gasteiger partial charge is 0.345 e. The van der Waals surface area contributed by atoms with E-state index in [4.69, 9.17) is 0 Å². The highest BCUT2D eigenvalue weighted by atomic mass is 79.9. The number of nitrogens with zero attached hydrogens (tertiary/aromatic N) is 3. The maximum Gasteiger partial charge on any atom is 0.251 e. The second kappa shape index (κ2) is 11.1. The summed E-state index contributed by atoms with van der Waals surface area (Å²) in [5.41, 5.74) is 3.45. The molecule has 0 aliphatic carbocycles. The topological polar surface area (TPSA) is 88.9 Å². The lowest BCUT2D eigenvalue weighted by molar-refractivity contribution is -0.113. The Morgan fingerprint density at radius 3 is 2.59 bits per heavy atom. The Hall–Kier alpha value is -2.91. The van der Waals surface area contributed by atoms with Crippen molar-refractivity contribution in [2.24, 2.45) is 0 Å². The van der Waals surface area contributed by atoms with Crippen molar-refractivity contribution < 1.29 is 9.59 Å². The summed E-state index contributed by atoms with van der Waals surface area (Å²) in [6, 6.07) is 13.0. The Morgan fingerprint density at radius 2 is 1.91 bits per heavy atom. The minimum Gasteiger partial charge on any atom is -0.345 e. The second-order valence-electron chi connectivity index (χ2n) is 7.15. The molecule has 0 saturated heterocycles. The van der Waals surface area contributed by atoms with Gasteiger partial charge in [-0.2, -0.15) is 0 Å². The van der Waals surface area contributed by atoms with Crippen LogP contribution in [0.25, 0.3) is 0 Å². The molecule has 2 N–H and O–H groups in total. The van der Waals surface area contributed by atoms with Crippen molar-refractivity contribution in [2.45, 2.75) is 32.1 Å². The maximum atomic E-state index is 12.4. The number of aryl methyl sites for hydroxylation is 2. The molecule has 3 aromatic rings. The smallest absolute Gasteiger partial charge is 0.251 e. The first-order valence-corrected chi connectivity index (χ1v) is 11.7. The van der Waals surface area contributed by atoms with Crippen molar-refractivity contribution in [3.63, 3.8) is 0 Å². The number of nitrogens with one attached hydrogen (secondary N) is 2. The summed E-state index contributed by atoms with van der Waals surface area (Å²) in [5, 5.41) is 14.7. The van der Waals surface area contributed by atoms with Crippen LogP contribution in [0.3, 0.4) is 0 Å². The average molecular weight is 514 g/mol. The van der Waals surface area contributed by atoms with Crippen molar-refractivity contribution in [3.05, 3.63) is 82.1 Å². The van der Waals surface area contributed by atoms with Gasteiger partial charge in [0.05, 0.1) is 12.3 Å². The van der Waals surface area contributed by atoms with Gasteiger partial charge in [-0.05, 0) is 49.7 Å². The summed E-state index contributed by atoms with van der Waals surface area (Å²) in [4.78, 5) is 24.8. The molecule has 0 spiro atoms. The normalized spacial score (nSPS) is 10.6. The van der Waals surface area contributed by atoms with E-state index >= 15 is 0 Å². The number of amides is 2. The predicted octanol–water partition coefficient (Wildman–Crippen LogP) is 4.50. The molecule has 0 unspecified atom stereocenters. The third kappa shape index (κ3) is 6.30. The van der Waals surface area contributed by atoms with Crippen LogP contribution in [0.2, 0.25) is 0 Å². The number of rotatable bonds is 9. The first-order valence-electron chi connectivity index (χ1n) is 9.94. The van der Waals surface area contributed by atoms with Crippen LogP contribution >= 0.6 is 27.7 Å². The molecule has 0 radical (unpaired) electrons. The summed E-state index contributed by atoms with van der Waals surface area (Å²) in [6.07, 6.45) is 1.73. The van der Waals surface area contributed by atoms with E-state index in [1.165, 1.54) is 11.8 Å². The van der Waals surface area contributed by atoms with Gasteiger partial charge in [-0.25, -0.2) is 0 Å². The van der Waals surface area contributed by atoms with E-state index in [9.17, 15) is 9.59 Å². The molecule has 7 nitrogen and oxygen atoms in total. The van der Waals surface area contributed by atoms with Crippen LogP contribution in [0.1, 0.15) is 27.3 Å². The van der Waals surface area contributed by atoms with Gasteiger partial charge in [0.1, 0.15) is 0 Å². The van der Waals surface area contributed by atoms with E-state index in [-0.39, 0.29) is 24.1 Å². The number of benzene rings is 2. The molecule has 0 aliphatic heterocycles. The molecule has 0 aliphatic rings. The van der Waals surface area contributed by atoms with Crippen LogP contribution < -0.4 is 10.6 Å². The number of hydrogen-bond donors (Lipinski definition) is 2. The molecular weight excluding hydrogens is 490 g/mol. The van der Waals surface area contributed by atoms with Crippen LogP contribution in [-0.2, 0) is 17.9 Å². The fraction of sp³-hybridized carbons (Fsp3) is 0.217. The van der Waals surface area contributed by atoms with Crippen molar-refractivity contribution in [2.75, 3.05) is 11.1 Å². The van der Waals surface area contributed by atoms with Gasteiger partial charge in [0.15, 0.2) is 11.0 Å². The van der Waals surface area contributed by atoms with Gasteiger partial charge in [0.2, 0.25) is 5.91 Å². The summed E-state index contributed by atoms with van der Waals surface area (Å²) < 4.78 is 2.83. The minimum atomic E-state index is -0.184. The van der Waals surface area contributed by atoms with Crippen LogP contribution in [0.15, 0.2) is 64.7 Å². The van der Waals surface area contributed by atoms with Gasteiger partial charge in [-0.1, -0.05) is 51.5 Å². The molecule has 32 heavy (non-hydrogen) atoms. The zero-order chi connectivity index (χ0) is 23.1. The van der Waals surface area contributed by atoms with Crippen LogP contribution in [0.5, 0.6) is 0 Å². The van der Waals surface area contributed by atoms with Crippen molar-refractivity contribution in [1.82, 2.24) is 20.1 Å². The highest BCUT2D eigenvalue weighted by Crippen LogP contribution is 2.21. The summed E-state index contributed by atoms with van der Waals surface area (Å²) in [5.74, 6) is 0.451. The molecule has 2 amide bonds. The quantitative estimate of drug-likeness (QED) is 0.324. The van der Waals surface area contributed by atoms with Crippen molar-refractivity contribution in [3.8, 4) is 0 Å². The number of allylic oxidation sites excluding steroid dienone is 1. The SMILES string of the molecule is C=CCn1c(CNC(=O)c2ccc(C)cc2)nnc1SCC(=O)Nc1ccc(Br)c(C)c1. The lowest BCUT2D eigenvalue weighted by Gasteiger charge is -2.10. The van der Waals surface area contributed by atoms with Gasteiger partial charge < -0.3 is 15.2 Å². The van der Waals surface area contributed by atoms with Crippen LogP contribution in [0, 0.1) is 13.8 Å². The number of hydrogen-bond acceptors (Lipinski definition) is 5. The second-order valence-corrected chi connectivity index (χ2v) is 8.94. The summed E-state index contributed by atoms with van der Waals surface area (Å²) in [6.45, 7) is 8.41. The molecule has 2 aromatic carbocycles. The standard InChI is InChI=1S/C23H24BrN5O2S/c1-4-11-29-20(13-25-22(31)17-7-5-15(2)6-8-17)27-28-23(29)32-14-21(30)26-18-9-10-19(24)16(3)12-18/h4-10,12H,1,11,13-14H2,2-3H3,(H,25,31)(H,26,30). The van der Waals surface area contributed by atoms with E-state index in [1.807, 2.05) is 48.7 Å². The first kappa shape index (κ1) is 23.7. The fourth-order valence-electron chi connectivity index (χ4n) is 2.88. The van der Waals surface area contributed by atoms with Gasteiger partial charge in [0.25, 0.3) is 5.91 Å². The lowest BCUT2D eigenvalue weighted by Crippen LogP contribution is -2.24. The molecule has 3 rings (SSSR count). The van der Waals surface area contributed by atoms with Crippen LogP contribution in [0.4, 0.5) is 5.69 Å². The van der Waals surface area contributed by atoms with E-state index in [2.05, 4.69) is 43.3 Å². The molecule has 1 heterocycles. The van der Waals surface area contributed by atoms with E-state index in [0.29, 0.717) is 23.1 Å². The Labute approximate surface area is 199 Å². The Balaban J connectivity index is 1.60. The van der Waals surface area contributed by atoms with Crippen molar-refractivity contribution in [1.29, 1.82) is 0 Å². The maximum absolute atomic E-state index is 12.4. The molecule has 0 bridgehead atoms. The number of carbonyl (C=O) groups is 2. The molecule has 0 fully saturated rings. The molecule has 0 saturated carbocycles. The predicted molar refractivity (Wildman–Crippen MR) is 131 cm³/mol. The number of halogens is 1. The van der Waals surface area contributed by atoms with Gasteiger partial charge in [0, 0.05) is 22.3 Å². The summed E-state index contributed by atoms with van der Waals surface area (Å²) in [7, 11) is 0. The Bertz CT molecular complexity index is 1130. The number of thioether (sulfide) groups is 1. The molecular formula is C23H24BrN5O2S. The third-order valence-electron chi connectivity index (χ3n) is 4.60. The summed E-state index contributed by atoms with van der Waals surface area (Å²) >= 11 is 4.73. The fourth-order valence-corrected chi connectivity index (χ4v) is 3.90. The van der Waals surface area contributed by atoms with Crippen molar-refractivity contribution >= 4 is 45.2 Å². The molecule has 1 aromatic heterocycles.